The molecule has 0 aliphatic heterocycles. The summed E-state index contributed by atoms with van der Waals surface area (Å²) in [4.78, 5) is 15.6. The van der Waals surface area contributed by atoms with Crippen LogP contribution < -0.4 is 5.73 Å². The van der Waals surface area contributed by atoms with E-state index in [1.54, 1.807) is 12.5 Å². The number of hydrogen-bond acceptors (Lipinski definition) is 3. The number of aryl methyl sites for hydroxylation is 1. The van der Waals surface area contributed by atoms with Crippen LogP contribution in [0.4, 0.5) is 0 Å². The van der Waals surface area contributed by atoms with Crippen molar-refractivity contribution in [1.29, 1.82) is 0 Å². The van der Waals surface area contributed by atoms with Gasteiger partial charge < -0.3 is 14.7 Å². The maximum Gasteiger partial charge on any atom is 0.268 e. The molecule has 0 saturated carbocycles. The number of carbonyl (C=O) groups is 1. The van der Waals surface area contributed by atoms with Crippen LogP contribution in [0.25, 0.3) is 0 Å². The summed E-state index contributed by atoms with van der Waals surface area (Å²) in [5, 5.41) is 0.137. The molecule has 0 aliphatic carbocycles. The van der Waals surface area contributed by atoms with Gasteiger partial charge in [0.2, 0.25) is 0 Å². The zero-order valence-corrected chi connectivity index (χ0v) is 18.4. The second-order valence-electron chi connectivity index (χ2n) is 8.75. The van der Waals surface area contributed by atoms with Gasteiger partial charge >= 0.3 is 0 Å². The van der Waals surface area contributed by atoms with Crippen molar-refractivity contribution in [2.24, 2.45) is 5.73 Å². The Labute approximate surface area is 164 Å². The highest BCUT2D eigenvalue weighted by atomic mass is 28.4. The number of hydrogen-bond donors (Lipinski definition) is 1. The van der Waals surface area contributed by atoms with Crippen molar-refractivity contribution in [3.05, 3.63) is 54.1 Å². The quantitative estimate of drug-likeness (QED) is 0.675. The number of amides is 1. The van der Waals surface area contributed by atoms with Crippen LogP contribution in [0.3, 0.4) is 0 Å². The lowest BCUT2D eigenvalue weighted by Gasteiger charge is -2.40. The van der Waals surface area contributed by atoms with E-state index in [0.29, 0.717) is 5.69 Å². The first-order valence-corrected chi connectivity index (χ1v) is 12.5. The molecule has 1 aromatic carbocycles. The second-order valence-corrected chi connectivity index (χ2v) is 13.5. The Morgan fingerprint density at radius 1 is 1.26 bits per heavy atom. The molecule has 1 aromatic heterocycles. The Morgan fingerprint density at radius 3 is 2.41 bits per heavy atom. The number of rotatable bonds is 8. The van der Waals surface area contributed by atoms with Gasteiger partial charge in [-0.2, -0.15) is 0 Å². The average molecular weight is 388 g/mol. The number of aromatic nitrogens is 2. The van der Waals surface area contributed by atoms with E-state index in [0.717, 1.165) is 12.8 Å². The van der Waals surface area contributed by atoms with Crippen LogP contribution >= 0.6 is 0 Å². The third kappa shape index (κ3) is 5.53. The van der Waals surface area contributed by atoms with Crippen LogP contribution in [0.15, 0.2) is 42.9 Å². The van der Waals surface area contributed by atoms with Crippen LogP contribution in [0.5, 0.6) is 0 Å². The number of carbonyl (C=O) groups excluding carboxylic acids is 1. The third-order valence-electron chi connectivity index (χ3n) is 5.64. The number of primary amides is 1. The van der Waals surface area contributed by atoms with Crippen LogP contribution in [0.1, 0.15) is 56.2 Å². The normalized spacial score (nSPS) is 14.7. The fraction of sp³-hybridized carbons (Fsp3) is 0.524. The number of nitrogens with zero attached hydrogens (tertiary/aromatic N) is 2. The van der Waals surface area contributed by atoms with Gasteiger partial charge in [-0.25, -0.2) is 4.98 Å². The fourth-order valence-electron chi connectivity index (χ4n) is 2.95. The molecule has 2 atom stereocenters. The number of nitrogens with two attached hydrogens (primary N) is 1. The van der Waals surface area contributed by atoms with Crippen LogP contribution in [0, 0.1) is 0 Å². The molecule has 0 fully saturated rings. The lowest BCUT2D eigenvalue weighted by Crippen LogP contribution is -2.45. The topological polar surface area (TPSA) is 70.1 Å². The minimum absolute atomic E-state index is 0.00419. The Hall–Kier alpha value is -1.92. The second kappa shape index (κ2) is 8.40. The van der Waals surface area contributed by atoms with Crippen LogP contribution in [-0.2, 0) is 10.8 Å². The van der Waals surface area contributed by atoms with E-state index in [9.17, 15) is 4.79 Å². The molecule has 0 spiro atoms. The smallest absolute Gasteiger partial charge is 0.268 e. The zero-order chi connectivity index (χ0) is 20.2. The Morgan fingerprint density at radius 2 is 1.89 bits per heavy atom. The Kier molecular flexibility index (Phi) is 6.65. The molecule has 27 heavy (non-hydrogen) atoms. The summed E-state index contributed by atoms with van der Waals surface area (Å²) in [6, 6.07) is 10.5. The lowest BCUT2D eigenvalue weighted by molar-refractivity contribution is 0.0995. The van der Waals surface area contributed by atoms with E-state index in [2.05, 4.69) is 70.0 Å². The summed E-state index contributed by atoms with van der Waals surface area (Å²) >= 11 is 0. The first-order chi connectivity index (χ1) is 12.5. The van der Waals surface area contributed by atoms with E-state index in [-0.39, 0.29) is 17.2 Å². The summed E-state index contributed by atoms with van der Waals surface area (Å²) in [5.41, 5.74) is 6.97. The summed E-state index contributed by atoms with van der Waals surface area (Å²) in [7, 11) is -1.91. The van der Waals surface area contributed by atoms with Gasteiger partial charge in [-0.3, -0.25) is 4.79 Å². The molecular weight excluding hydrogens is 354 g/mol. The molecule has 5 nitrogen and oxygen atoms in total. The van der Waals surface area contributed by atoms with Crippen molar-refractivity contribution in [2.45, 2.75) is 70.8 Å². The van der Waals surface area contributed by atoms with E-state index < -0.39 is 14.2 Å². The highest BCUT2D eigenvalue weighted by Crippen LogP contribution is 2.39. The predicted octanol–water partition coefficient (Wildman–Crippen LogP) is 4.57. The highest BCUT2D eigenvalue weighted by molar-refractivity contribution is 6.74. The minimum Gasteiger partial charge on any atom is -0.412 e. The predicted molar refractivity (Wildman–Crippen MR) is 112 cm³/mol. The van der Waals surface area contributed by atoms with E-state index in [4.69, 9.17) is 10.2 Å². The van der Waals surface area contributed by atoms with Gasteiger partial charge in [0.05, 0.1) is 18.5 Å². The minimum atomic E-state index is -1.91. The van der Waals surface area contributed by atoms with Crippen LogP contribution in [-0.4, -0.2) is 29.9 Å². The monoisotopic (exact) mass is 387 g/mol. The molecule has 6 heteroatoms. The van der Waals surface area contributed by atoms with Gasteiger partial charge in [-0.15, -0.1) is 0 Å². The molecule has 1 heterocycles. The summed E-state index contributed by atoms with van der Waals surface area (Å²) in [6.45, 7) is 13.4. The van der Waals surface area contributed by atoms with Crippen molar-refractivity contribution in [1.82, 2.24) is 9.55 Å². The van der Waals surface area contributed by atoms with Gasteiger partial charge in [-0.05, 0) is 43.5 Å². The van der Waals surface area contributed by atoms with Crippen molar-refractivity contribution < 1.29 is 9.22 Å². The van der Waals surface area contributed by atoms with Gasteiger partial charge in [0, 0.05) is 6.20 Å². The van der Waals surface area contributed by atoms with Gasteiger partial charge in [-0.1, -0.05) is 51.1 Å². The van der Waals surface area contributed by atoms with Crippen molar-refractivity contribution in [3.8, 4) is 0 Å². The first-order valence-electron chi connectivity index (χ1n) is 9.56. The maximum atomic E-state index is 11.5. The molecule has 2 aromatic rings. The number of imidazole rings is 1. The largest absolute Gasteiger partial charge is 0.412 e. The molecule has 2 N–H and O–H groups in total. The molecule has 148 valence electrons. The third-order valence-corrected chi connectivity index (χ3v) is 10.2. The Bertz CT molecular complexity index is 750. The van der Waals surface area contributed by atoms with Gasteiger partial charge in [0.1, 0.15) is 5.69 Å². The van der Waals surface area contributed by atoms with Crippen molar-refractivity contribution in [2.75, 3.05) is 0 Å². The van der Waals surface area contributed by atoms with E-state index in [1.165, 1.54) is 5.56 Å². The summed E-state index contributed by atoms with van der Waals surface area (Å²) in [5.74, 6) is -0.506. The molecule has 2 rings (SSSR count). The number of benzene rings is 1. The Balaban J connectivity index is 2.23. The molecule has 0 unspecified atom stereocenters. The lowest BCUT2D eigenvalue weighted by atomic mass is 10.0. The molecule has 0 bridgehead atoms. The SMILES string of the molecule is C[C@H](O[Si](C)(C)C(C)(C)C)[C@@H](CCc1ccccc1)n1cnc(C(N)=O)c1. The van der Waals surface area contributed by atoms with Gasteiger partial charge in [0.15, 0.2) is 8.32 Å². The van der Waals surface area contributed by atoms with Crippen molar-refractivity contribution in [3.63, 3.8) is 0 Å². The molecule has 0 saturated heterocycles. The molecule has 0 radical (unpaired) electrons. The molecule has 0 aliphatic rings. The van der Waals surface area contributed by atoms with Crippen molar-refractivity contribution >= 4 is 14.2 Å². The summed E-state index contributed by atoms with van der Waals surface area (Å²) in [6.07, 6.45) is 5.27. The van der Waals surface area contributed by atoms with Crippen LogP contribution in [0.2, 0.25) is 18.1 Å². The highest BCUT2D eigenvalue weighted by Gasteiger charge is 2.39. The molecule has 1 amide bonds. The standard InChI is InChI=1S/C21H33N3O2Si/c1-16(26-27(5,6)21(2,3)4)19(13-12-17-10-8-7-9-11-17)24-14-18(20(22)25)23-15-24/h7-11,14-16,19H,12-13H2,1-6H3,(H2,22,25)/t16-,19+/m0/s1. The van der Waals surface area contributed by atoms with E-state index in [1.807, 2.05) is 10.6 Å². The summed E-state index contributed by atoms with van der Waals surface area (Å²) < 4.78 is 8.64. The molecular formula is C21H33N3O2Si. The maximum absolute atomic E-state index is 11.5. The fourth-order valence-corrected chi connectivity index (χ4v) is 4.39. The average Bonchev–Trinajstić information content (AvgIpc) is 3.04. The first kappa shape index (κ1) is 21.4. The van der Waals surface area contributed by atoms with E-state index >= 15 is 0 Å². The zero-order valence-electron chi connectivity index (χ0n) is 17.4. The van der Waals surface area contributed by atoms with Gasteiger partial charge in [0.25, 0.3) is 5.91 Å².